The van der Waals surface area contributed by atoms with E-state index in [0.717, 1.165) is 4.90 Å². The lowest BCUT2D eigenvalue weighted by Gasteiger charge is -2.22. The van der Waals surface area contributed by atoms with E-state index < -0.39 is 16.9 Å². The van der Waals surface area contributed by atoms with Crippen LogP contribution >= 0.6 is 11.8 Å². The van der Waals surface area contributed by atoms with Crippen molar-refractivity contribution in [2.45, 2.75) is 23.7 Å². The molecule has 1 unspecified atom stereocenters. The first-order valence-corrected chi connectivity index (χ1v) is 4.59. The molecule has 1 aliphatic heterocycles. The van der Waals surface area contributed by atoms with E-state index in [2.05, 4.69) is 0 Å². The Bertz CT molecular complexity index is 209. The zero-order valence-electron chi connectivity index (χ0n) is 6.67. The fourth-order valence-electron chi connectivity index (χ4n) is 1.26. The lowest BCUT2D eigenvalue weighted by Crippen LogP contribution is -2.38. The van der Waals surface area contributed by atoms with Crippen molar-refractivity contribution in [1.82, 2.24) is 4.90 Å². The zero-order chi connectivity index (χ0) is 10.1. The quantitative estimate of drug-likeness (QED) is 0.722. The molecule has 0 aromatic carbocycles. The molecule has 1 atom stereocenters. The van der Waals surface area contributed by atoms with Crippen LogP contribution in [0.2, 0.25) is 0 Å². The molecule has 0 saturated carbocycles. The van der Waals surface area contributed by atoms with E-state index >= 15 is 0 Å². The summed E-state index contributed by atoms with van der Waals surface area (Å²) in [7, 11) is 0. The lowest BCUT2D eigenvalue weighted by atomic mass is 10.4. The predicted octanol–water partition coefficient (Wildman–Crippen LogP) is 1.74. The van der Waals surface area contributed by atoms with Gasteiger partial charge in [0.1, 0.15) is 0 Å². The molecule has 0 aliphatic carbocycles. The predicted molar refractivity (Wildman–Crippen MR) is 43.0 cm³/mol. The van der Waals surface area contributed by atoms with Gasteiger partial charge >= 0.3 is 11.5 Å². The SMILES string of the molecule is NC(=O)N1CCCC1SC(F)(F)F. The van der Waals surface area contributed by atoms with Crippen LogP contribution in [0, 0.1) is 0 Å². The van der Waals surface area contributed by atoms with Gasteiger partial charge in [-0.1, -0.05) is 0 Å². The lowest BCUT2D eigenvalue weighted by molar-refractivity contribution is -0.0340. The van der Waals surface area contributed by atoms with Crippen LogP contribution in [0.3, 0.4) is 0 Å². The first-order valence-electron chi connectivity index (χ1n) is 3.71. The molecule has 0 spiro atoms. The fourth-order valence-corrected chi connectivity index (χ4v) is 2.19. The van der Waals surface area contributed by atoms with Crippen molar-refractivity contribution in [3.05, 3.63) is 0 Å². The number of halogens is 3. The zero-order valence-corrected chi connectivity index (χ0v) is 7.49. The minimum absolute atomic E-state index is 0.174. The van der Waals surface area contributed by atoms with Crippen LogP contribution in [0.15, 0.2) is 0 Å². The van der Waals surface area contributed by atoms with Gasteiger partial charge in [-0.15, -0.1) is 0 Å². The molecule has 0 aromatic heterocycles. The first-order chi connectivity index (χ1) is 5.90. The number of thioether (sulfide) groups is 1. The number of urea groups is 1. The molecule has 1 heterocycles. The number of hydrogen-bond donors (Lipinski definition) is 1. The Labute approximate surface area is 77.4 Å². The summed E-state index contributed by atoms with van der Waals surface area (Å²) in [5.41, 5.74) is 0.610. The van der Waals surface area contributed by atoms with Crippen molar-refractivity contribution in [3.8, 4) is 0 Å². The van der Waals surface area contributed by atoms with Crippen molar-refractivity contribution >= 4 is 17.8 Å². The van der Waals surface area contributed by atoms with Gasteiger partial charge in [-0.3, -0.25) is 0 Å². The smallest absolute Gasteiger partial charge is 0.351 e. The number of carbonyl (C=O) groups is 1. The van der Waals surface area contributed by atoms with Crippen LogP contribution in [0.5, 0.6) is 0 Å². The molecule has 76 valence electrons. The van der Waals surface area contributed by atoms with E-state index in [1.807, 2.05) is 0 Å². The fraction of sp³-hybridized carbons (Fsp3) is 0.833. The highest BCUT2D eigenvalue weighted by Gasteiger charge is 2.39. The number of nitrogens with zero attached hydrogens (tertiary/aromatic N) is 1. The van der Waals surface area contributed by atoms with Crippen molar-refractivity contribution < 1.29 is 18.0 Å². The summed E-state index contributed by atoms with van der Waals surface area (Å²) in [6.45, 7) is 0.322. The van der Waals surface area contributed by atoms with E-state index in [1.165, 1.54) is 0 Å². The van der Waals surface area contributed by atoms with Gasteiger partial charge in [0.25, 0.3) is 0 Å². The van der Waals surface area contributed by atoms with Crippen molar-refractivity contribution in [3.63, 3.8) is 0 Å². The Morgan fingerprint density at radius 1 is 1.54 bits per heavy atom. The highest BCUT2D eigenvalue weighted by molar-refractivity contribution is 8.00. The number of amides is 2. The van der Waals surface area contributed by atoms with Crippen LogP contribution in [0.1, 0.15) is 12.8 Å². The van der Waals surface area contributed by atoms with Crippen LogP contribution in [-0.2, 0) is 0 Å². The van der Waals surface area contributed by atoms with Crippen molar-refractivity contribution in [1.29, 1.82) is 0 Å². The Morgan fingerprint density at radius 3 is 2.62 bits per heavy atom. The van der Waals surface area contributed by atoms with Crippen molar-refractivity contribution in [2.75, 3.05) is 6.54 Å². The van der Waals surface area contributed by atoms with E-state index in [9.17, 15) is 18.0 Å². The number of carbonyl (C=O) groups excluding carboxylic acids is 1. The average molecular weight is 214 g/mol. The maximum Gasteiger partial charge on any atom is 0.443 e. The molecule has 1 saturated heterocycles. The molecule has 0 bridgehead atoms. The van der Waals surface area contributed by atoms with Gasteiger partial charge in [-0.2, -0.15) is 13.2 Å². The maximum atomic E-state index is 11.9. The van der Waals surface area contributed by atoms with Gasteiger partial charge in [0, 0.05) is 6.54 Å². The summed E-state index contributed by atoms with van der Waals surface area (Å²) in [6, 6.07) is -0.778. The third kappa shape index (κ3) is 2.98. The van der Waals surface area contributed by atoms with Gasteiger partial charge in [0.2, 0.25) is 0 Å². The Balaban J connectivity index is 2.54. The maximum absolute atomic E-state index is 11.9. The van der Waals surface area contributed by atoms with Crippen LogP contribution in [0.25, 0.3) is 0 Å². The molecule has 2 N–H and O–H groups in total. The molecule has 1 fully saturated rings. The molecule has 3 nitrogen and oxygen atoms in total. The first kappa shape index (κ1) is 10.5. The summed E-state index contributed by atoms with van der Waals surface area (Å²) in [4.78, 5) is 11.7. The second-order valence-electron chi connectivity index (χ2n) is 2.69. The third-order valence-electron chi connectivity index (χ3n) is 1.75. The summed E-state index contributed by atoms with van der Waals surface area (Å²) in [5, 5.41) is -0.836. The van der Waals surface area contributed by atoms with Crippen molar-refractivity contribution in [2.24, 2.45) is 5.73 Å². The van der Waals surface area contributed by atoms with E-state index in [1.54, 1.807) is 0 Å². The summed E-state index contributed by atoms with van der Waals surface area (Å²) < 4.78 is 35.8. The minimum atomic E-state index is -4.30. The van der Waals surface area contributed by atoms with E-state index in [-0.39, 0.29) is 11.8 Å². The van der Waals surface area contributed by atoms with Gasteiger partial charge in [-0.05, 0) is 24.6 Å². The van der Waals surface area contributed by atoms with Crippen LogP contribution in [-0.4, -0.2) is 28.4 Å². The van der Waals surface area contributed by atoms with Crippen LogP contribution in [0.4, 0.5) is 18.0 Å². The largest absolute Gasteiger partial charge is 0.443 e. The molecular formula is C6H9F3N2OS. The summed E-state index contributed by atoms with van der Waals surface area (Å²) in [5.74, 6) is 0. The Kier molecular flexibility index (Phi) is 2.94. The number of rotatable bonds is 1. The number of primary amides is 1. The standard InChI is InChI=1S/C6H9F3N2OS/c7-6(8,9)13-4-2-1-3-11(4)5(10)12/h4H,1-3H2,(H2,10,12). The highest BCUT2D eigenvalue weighted by atomic mass is 32.2. The number of nitrogens with two attached hydrogens (primary N) is 1. The second kappa shape index (κ2) is 3.65. The van der Waals surface area contributed by atoms with Gasteiger partial charge in [0.15, 0.2) is 0 Å². The van der Waals surface area contributed by atoms with Gasteiger partial charge < -0.3 is 10.6 Å². The second-order valence-corrected chi connectivity index (χ2v) is 3.93. The molecule has 1 aliphatic rings. The summed E-state index contributed by atoms with van der Waals surface area (Å²) >= 11 is -0.174. The Morgan fingerprint density at radius 2 is 2.15 bits per heavy atom. The molecule has 7 heteroatoms. The molecule has 0 aromatic rings. The molecular weight excluding hydrogens is 205 g/mol. The molecule has 13 heavy (non-hydrogen) atoms. The average Bonchev–Trinajstić information content (AvgIpc) is 2.31. The molecule has 1 rings (SSSR count). The number of likely N-dealkylation sites (tertiary alicyclic amines) is 1. The Hall–Kier alpha value is -0.590. The number of hydrogen-bond acceptors (Lipinski definition) is 2. The normalized spacial score (nSPS) is 23.6. The monoisotopic (exact) mass is 214 g/mol. The molecule has 2 amide bonds. The van der Waals surface area contributed by atoms with Crippen LogP contribution < -0.4 is 5.73 Å². The number of alkyl halides is 3. The third-order valence-corrected chi connectivity index (χ3v) is 2.78. The molecule has 0 radical (unpaired) electrons. The topological polar surface area (TPSA) is 46.3 Å². The van der Waals surface area contributed by atoms with E-state index in [0.29, 0.717) is 19.4 Å². The highest BCUT2D eigenvalue weighted by Crippen LogP contribution is 2.39. The van der Waals surface area contributed by atoms with E-state index in [4.69, 9.17) is 5.73 Å². The van der Waals surface area contributed by atoms with Gasteiger partial charge in [-0.25, -0.2) is 4.79 Å². The minimum Gasteiger partial charge on any atom is -0.351 e. The van der Waals surface area contributed by atoms with Gasteiger partial charge in [0.05, 0.1) is 5.37 Å². The summed E-state index contributed by atoms with van der Waals surface area (Å²) in [6.07, 6.45) is 0.934.